The summed E-state index contributed by atoms with van der Waals surface area (Å²) >= 11 is 0. The molecule has 0 bridgehead atoms. The molecule has 0 spiro atoms. The highest BCUT2D eigenvalue weighted by molar-refractivity contribution is 5.84. The lowest BCUT2D eigenvalue weighted by molar-refractivity contribution is -0.385. The smallest absolute Gasteiger partial charge is 0.275 e. The van der Waals surface area contributed by atoms with Crippen molar-refractivity contribution in [3.05, 3.63) is 33.6 Å². The first kappa shape index (κ1) is 14.8. The van der Waals surface area contributed by atoms with Gasteiger partial charge in [0.1, 0.15) is 12.1 Å². The van der Waals surface area contributed by atoms with E-state index in [0.717, 1.165) is 6.07 Å². The lowest BCUT2D eigenvalue weighted by Crippen LogP contribution is -2.53. The molecule has 8 heteroatoms. The molecule has 0 aromatic heterocycles. The maximum Gasteiger partial charge on any atom is 0.275 e. The number of nitrogens with zero attached hydrogens (tertiary/aromatic N) is 1. The van der Waals surface area contributed by atoms with Crippen LogP contribution in [0.4, 0.5) is 10.1 Å². The largest absolute Gasteiger partial charge is 0.488 e. The van der Waals surface area contributed by atoms with Crippen LogP contribution in [0.1, 0.15) is 12.5 Å². The number of ether oxygens (including phenoxy) is 1. The zero-order valence-corrected chi connectivity index (χ0v) is 10.5. The van der Waals surface area contributed by atoms with Gasteiger partial charge in [0.25, 0.3) is 5.69 Å². The van der Waals surface area contributed by atoms with Crippen molar-refractivity contribution >= 4 is 11.6 Å². The predicted octanol–water partition coefficient (Wildman–Crippen LogP) is 0.624. The predicted molar refractivity (Wildman–Crippen MR) is 65.1 cm³/mol. The molecule has 0 saturated carbocycles. The van der Waals surface area contributed by atoms with Crippen LogP contribution in [-0.2, 0) is 4.79 Å². The Kier molecular flexibility index (Phi) is 4.05. The Hall–Kier alpha value is -2.22. The lowest BCUT2D eigenvalue weighted by atomic mass is 10.1. The fraction of sp³-hybridized carbons (Fsp3) is 0.364. The third kappa shape index (κ3) is 3.38. The summed E-state index contributed by atoms with van der Waals surface area (Å²) in [5.74, 6) is -1.93. The second-order valence-electron chi connectivity index (χ2n) is 4.40. The first-order valence-electron chi connectivity index (χ1n) is 5.31. The van der Waals surface area contributed by atoms with E-state index in [1.165, 1.54) is 19.9 Å². The molecule has 0 aliphatic rings. The monoisotopic (exact) mass is 271 g/mol. The Morgan fingerprint density at radius 2 is 2.16 bits per heavy atom. The standard InChI is InChI=1S/C11H14FN3O4/c1-6-3-9(7(12)4-8(6)15(17)18)19-5-11(2,14)10(13)16/h3-4H,5,14H2,1-2H3,(H2,13,16). The molecule has 1 unspecified atom stereocenters. The minimum Gasteiger partial charge on any atom is -0.488 e. The van der Waals surface area contributed by atoms with Crippen molar-refractivity contribution in [1.29, 1.82) is 0 Å². The zero-order valence-electron chi connectivity index (χ0n) is 10.5. The summed E-state index contributed by atoms with van der Waals surface area (Å²) in [6.45, 7) is 2.45. The molecule has 0 aliphatic heterocycles. The molecule has 0 saturated heterocycles. The Bertz CT molecular complexity index is 531. The summed E-state index contributed by atoms with van der Waals surface area (Å²) in [5.41, 5.74) is 9.01. The van der Waals surface area contributed by atoms with E-state index in [-0.39, 0.29) is 23.6 Å². The molecule has 1 atom stereocenters. The number of benzene rings is 1. The number of nitro groups is 1. The molecular weight excluding hydrogens is 257 g/mol. The molecule has 1 aromatic rings. The lowest BCUT2D eigenvalue weighted by Gasteiger charge is -2.21. The zero-order chi connectivity index (χ0) is 14.8. The maximum absolute atomic E-state index is 13.6. The van der Waals surface area contributed by atoms with Gasteiger partial charge >= 0.3 is 0 Å². The number of hydrogen-bond acceptors (Lipinski definition) is 5. The van der Waals surface area contributed by atoms with E-state index in [2.05, 4.69) is 0 Å². The second-order valence-corrected chi connectivity index (χ2v) is 4.40. The minimum atomic E-state index is -1.46. The number of rotatable bonds is 5. The van der Waals surface area contributed by atoms with Crippen molar-refractivity contribution in [2.24, 2.45) is 11.5 Å². The fourth-order valence-electron chi connectivity index (χ4n) is 1.25. The second kappa shape index (κ2) is 5.19. The number of nitro benzene ring substituents is 1. The van der Waals surface area contributed by atoms with E-state index in [0.29, 0.717) is 0 Å². The van der Waals surface area contributed by atoms with Gasteiger partial charge in [-0.1, -0.05) is 0 Å². The highest BCUT2D eigenvalue weighted by atomic mass is 19.1. The van der Waals surface area contributed by atoms with Crippen molar-refractivity contribution in [3.63, 3.8) is 0 Å². The van der Waals surface area contributed by atoms with Crippen molar-refractivity contribution in [1.82, 2.24) is 0 Å². The van der Waals surface area contributed by atoms with Crippen molar-refractivity contribution in [2.45, 2.75) is 19.4 Å². The van der Waals surface area contributed by atoms with Gasteiger partial charge < -0.3 is 16.2 Å². The highest BCUT2D eigenvalue weighted by Crippen LogP contribution is 2.27. The molecule has 1 amide bonds. The summed E-state index contributed by atoms with van der Waals surface area (Å²) in [6, 6.07) is 1.92. The summed E-state index contributed by atoms with van der Waals surface area (Å²) < 4.78 is 18.6. The van der Waals surface area contributed by atoms with Gasteiger partial charge in [-0.3, -0.25) is 14.9 Å². The third-order valence-corrected chi connectivity index (χ3v) is 2.54. The highest BCUT2D eigenvalue weighted by Gasteiger charge is 2.27. The molecule has 19 heavy (non-hydrogen) atoms. The van der Waals surface area contributed by atoms with Crippen LogP contribution in [0.15, 0.2) is 12.1 Å². The molecule has 4 N–H and O–H groups in total. The van der Waals surface area contributed by atoms with Gasteiger partial charge in [-0.2, -0.15) is 0 Å². The maximum atomic E-state index is 13.6. The molecule has 0 aliphatic carbocycles. The van der Waals surface area contributed by atoms with Gasteiger partial charge in [0.15, 0.2) is 11.6 Å². The van der Waals surface area contributed by atoms with Gasteiger partial charge in [-0.25, -0.2) is 4.39 Å². The first-order chi connectivity index (χ1) is 8.65. The van der Waals surface area contributed by atoms with Gasteiger partial charge in [-0.05, 0) is 19.9 Å². The SMILES string of the molecule is Cc1cc(OCC(C)(N)C(N)=O)c(F)cc1[N+](=O)[O-]. The van der Waals surface area contributed by atoms with Crippen LogP contribution in [0.5, 0.6) is 5.75 Å². The number of hydrogen-bond donors (Lipinski definition) is 2. The number of primary amides is 1. The molecule has 7 nitrogen and oxygen atoms in total. The summed E-state index contributed by atoms with van der Waals surface area (Å²) in [5, 5.41) is 10.6. The van der Waals surface area contributed by atoms with Gasteiger partial charge in [0.2, 0.25) is 5.91 Å². The van der Waals surface area contributed by atoms with Crippen LogP contribution >= 0.6 is 0 Å². The van der Waals surface area contributed by atoms with Crippen LogP contribution in [0.25, 0.3) is 0 Å². The average Bonchev–Trinajstić information content (AvgIpc) is 2.29. The number of carbonyl (C=O) groups is 1. The third-order valence-electron chi connectivity index (χ3n) is 2.54. The minimum absolute atomic E-state index is 0.221. The Morgan fingerprint density at radius 3 is 2.63 bits per heavy atom. The van der Waals surface area contributed by atoms with E-state index < -0.39 is 22.2 Å². The summed E-state index contributed by atoms with van der Waals surface area (Å²) in [6.07, 6.45) is 0. The summed E-state index contributed by atoms with van der Waals surface area (Å²) in [7, 11) is 0. The number of amides is 1. The molecular formula is C11H14FN3O4. The molecule has 1 aromatic carbocycles. The Morgan fingerprint density at radius 1 is 1.58 bits per heavy atom. The first-order valence-corrected chi connectivity index (χ1v) is 5.31. The van der Waals surface area contributed by atoms with E-state index in [1.54, 1.807) is 0 Å². The average molecular weight is 271 g/mol. The number of nitrogens with two attached hydrogens (primary N) is 2. The van der Waals surface area contributed by atoms with Gasteiger partial charge in [-0.15, -0.1) is 0 Å². The van der Waals surface area contributed by atoms with Crippen LogP contribution in [-0.4, -0.2) is 23.0 Å². The van der Waals surface area contributed by atoms with Crippen LogP contribution in [0.2, 0.25) is 0 Å². The van der Waals surface area contributed by atoms with Crippen molar-refractivity contribution in [3.8, 4) is 5.75 Å². The van der Waals surface area contributed by atoms with Crippen molar-refractivity contribution < 1.29 is 18.8 Å². The fourth-order valence-corrected chi connectivity index (χ4v) is 1.25. The van der Waals surface area contributed by atoms with Gasteiger partial charge in [0, 0.05) is 5.56 Å². The van der Waals surface area contributed by atoms with E-state index in [1.807, 2.05) is 0 Å². The van der Waals surface area contributed by atoms with Gasteiger partial charge in [0.05, 0.1) is 11.0 Å². The summed E-state index contributed by atoms with van der Waals surface area (Å²) in [4.78, 5) is 20.9. The molecule has 0 fully saturated rings. The number of carbonyl (C=O) groups excluding carboxylic acids is 1. The van der Waals surface area contributed by atoms with Crippen LogP contribution in [0, 0.1) is 22.9 Å². The molecule has 0 radical (unpaired) electrons. The topological polar surface area (TPSA) is 121 Å². The number of aryl methyl sites for hydroxylation is 1. The van der Waals surface area contributed by atoms with Crippen LogP contribution < -0.4 is 16.2 Å². The Balaban J connectivity index is 2.95. The molecule has 0 heterocycles. The van der Waals surface area contributed by atoms with Crippen molar-refractivity contribution in [2.75, 3.05) is 6.61 Å². The Labute approximate surface area is 108 Å². The van der Waals surface area contributed by atoms with E-state index in [4.69, 9.17) is 16.2 Å². The molecule has 1 rings (SSSR count). The molecule has 104 valence electrons. The normalized spacial score (nSPS) is 13.7. The van der Waals surface area contributed by atoms with E-state index >= 15 is 0 Å². The number of halogens is 1. The van der Waals surface area contributed by atoms with Crippen LogP contribution in [0.3, 0.4) is 0 Å². The quantitative estimate of drug-likeness (QED) is 0.600. The van der Waals surface area contributed by atoms with E-state index in [9.17, 15) is 19.3 Å².